The van der Waals surface area contributed by atoms with Crippen molar-refractivity contribution in [3.8, 4) is 0 Å². The molecule has 3 N–H and O–H groups in total. The molecule has 0 radical (unpaired) electrons. The van der Waals surface area contributed by atoms with Gasteiger partial charge in [-0.2, -0.15) is 0 Å². The molecule has 2 aromatic carbocycles. The Labute approximate surface area is 160 Å². The van der Waals surface area contributed by atoms with Crippen LogP contribution in [0.4, 0.5) is 0 Å². The number of amides is 3. The van der Waals surface area contributed by atoms with Crippen LogP contribution in [-0.2, 0) is 9.59 Å². The van der Waals surface area contributed by atoms with Gasteiger partial charge in [0.25, 0.3) is 11.8 Å². The van der Waals surface area contributed by atoms with Gasteiger partial charge in [0.05, 0.1) is 10.6 Å². The SMILES string of the molecule is CC(=O)N/C(=C/c1ccccc1)C(=O)NNC(=O)c1cc(Cl)ccc1Cl. The summed E-state index contributed by atoms with van der Waals surface area (Å²) in [5, 5.41) is 2.93. The Morgan fingerprint density at radius 1 is 0.962 bits per heavy atom. The van der Waals surface area contributed by atoms with E-state index in [0.717, 1.165) is 0 Å². The molecule has 2 aromatic rings. The summed E-state index contributed by atoms with van der Waals surface area (Å²) in [6.07, 6.45) is 1.48. The first-order valence-corrected chi connectivity index (χ1v) is 8.22. The number of hydrogen-bond donors (Lipinski definition) is 3. The van der Waals surface area contributed by atoms with Crippen LogP contribution in [0.25, 0.3) is 6.08 Å². The van der Waals surface area contributed by atoms with Gasteiger partial charge < -0.3 is 5.32 Å². The maximum atomic E-state index is 12.3. The monoisotopic (exact) mass is 391 g/mol. The third-order valence-corrected chi connectivity index (χ3v) is 3.69. The quantitative estimate of drug-likeness (QED) is 0.552. The van der Waals surface area contributed by atoms with Gasteiger partial charge in [-0.15, -0.1) is 0 Å². The first-order chi connectivity index (χ1) is 12.4. The van der Waals surface area contributed by atoms with Crippen LogP contribution in [-0.4, -0.2) is 17.7 Å². The van der Waals surface area contributed by atoms with Crippen LogP contribution in [0.3, 0.4) is 0 Å². The van der Waals surface area contributed by atoms with Crippen molar-refractivity contribution in [3.05, 3.63) is 75.4 Å². The summed E-state index contributed by atoms with van der Waals surface area (Å²) in [4.78, 5) is 35.8. The molecule has 0 fully saturated rings. The predicted octanol–water partition coefficient (Wildman–Crippen LogP) is 2.93. The van der Waals surface area contributed by atoms with Crippen LogP contribution >= 0.6 is 23.2 Å². The van der Waals surface area contributed by atoms with Crippen molar-refractivity contribution < 1.29 is 14.4 Å². The highest BCUT2D eigenvalue weighted by molar-refractivity contribution is 6.35. The van der Waals surface area contributed by atoms with Crippen LogP contribution in [0.1, 0.15) is 22.8 Å². The molecule has 6 nitrogen and oxygen atoms in total. The van der Waals surface area contributed by atoms with Gasteiger partial charge in [-0.25, -0.2) is 0 Å². The van der Waals surface area contributed by atoms with E-state index in [1.54, 1.807) is 24.3 Å². The second-order valence-electron chi connectivity index (χ2n) is 5.18. The van der Waals surface area contributed by atoms with Crippen LogP contribution < -0.4 is 16.2 Å². The Morgan fingerprint density at radius 2 is 1.65 bits per heavy atom. The van der Waals surface area contributed by atoms with E-state index in [0.29, 0.717) is 10.6 Å². The van der Waals surface area contributed by atoms with E-state index < -0.39 is 17.7 Å². The Hall–Kier alpha value is -2.83. The van der Waals surface area contributed by atoms with E-state index in [9.17, 15) is 14.4 Å². The van der Waals surface area contributed by atoms with Crippen LogP contribution in [0.2, 0.25) is 10.0 Å². The second kappa shape index (κ2) is 9.03. The zero-order chi connectivity index (χ0) is 19.1. The van der Waals surface area contributed by atoms with Crippen LogP contribution in [0.5, 0.6) is 0 Å². The molecule has 0 unspecified atom stereocenters. The Kier molecular flexibility index (Phi) is 6.77. The molecule has 0 atom stereocenters. The summed E-state index contributed by atoms with van der Waals surface area (Å²) < 4.78 is 0. The number of carbonyl (C=O) groups is 3. The van der Waals surface area contributed by atoms with Gasteiger partial charge in [0, 0.05) is 11.9 Å². The number of rotatable bonds is 4. The lowest BCUT2D eigenvalue weighted by Gasteiger charge is -2.11. The minimum absolute atomic E-state index is 0.0267. The Morgan fingerprint density at radius 3 is 2.31 bits per heavy atom. The molecule has 26 heavy (non-hydrogen) atoms. The topological polar surface area (TPSA) is 87.3 Å². The van der Waals surface area contributed by atoms with Gasteiger partial charge in [-0.3, -0.25) is 25.2 Å². The molecule has 0 aromatic heterocycles. The van der Waals surface area contributed by atoms with Crippen LogP contribution in [0.15, 0.2) is 54.2 Å². The molecule has 0 aliphatic carbocycles. The second-order valence-corrected chi connectivity index (χ2v) is 6.03. The van der Waals surface area contributed by atoms with Gasteiger partial charge in [0.15, 0.2) is 0 Å². The summed E-state index contributed by atoms with van der Waals surface area (Å²) in [5.74, 6) is -1.77. The van der Waals surface area contributed by atoms with Crippen molar-refractivity contribution in [2.24, 2.45) is 0 Å². The van der Waals surface area contributed by atoms with Crippen molar-refractivity contribution in [1.82, 2.24) is 16.2 Å². The fourth-order valence-electron chi connectivity index (χ4n) is 1.98. The Bertz CT molecular complexity index is 867. The number of nitrogens with one attached hydrogen (secondary N) is 3. The van der Waals surface area contributed by atoms with Gasteiger partial charge >= 0.3 is 0 Å². The molecular weight excluding hydrogens is 377 g/mol. The number of halogens is 2. The lowest BCUT2D eigenvalue weighted by atomic mass is 10.2. The summed E-state index contributed by atoms with van der Waals surface area (Å²) in [6.45, 7) is 1.27. The van der Waals surface area contributed by atoms with Gasteiger partial charge in [0.1, 0.15) is 5.70 Å². The van der Waals surface area contributed by atoms with E-state index in [1.165, 1.54) is 31.2 Å². The Balaban J connectivity index is 2.12. The predicted molar refractivity (Wildman–Crippen MR) is 100 cm³/mol. The molecule has 0 spiro atoms. The maximum absolute atomic E-state index is 12.3. The molecule has 0 heterocycles. The van der Waals surface area contributed by atoms with Gasteiger partial charge in [-0.1, -0.05) is 53.5 Å². The average molecular weight is 392 g/mol. The molecule has 0 saturated carbocycles. The minimum atomic E-state index is -0.699. The highest BCUT2D eigenvalue weighted by Gasteiger charge is 2.15. The fraction of sp³-hybridized carbons (Fsp3) is 0.0556. The summed E-state index contributed by atoms with van der Waals surface area (Å²) in [6, 6.07) is 13.3. The number of benzene rings is 2. The average Bonchev–Trinajstić information content (AvgIpc) is 2.61. The molecule has 0 bridgehead atoms. The summed E-state index contributed by atoms with van der Waals surface area (Å²) in [7, 11) is 0. The maximum Gasteiger partial charge on any atom is 0.286 e. The molecular formula is C18H15Cl2N3O3. The third-order valence-electron chi connectivity index (χ3n) is 3.13. The third kappa shape index (κ3) is 5.61. The van der Waals surface area contributed by atoms with Crippen molar-refractivity contribution in [1.29, 1.82) is 0 Å². The zero-order valence-electron chi connectivity index (χ0n) is 13.7. The normalized spacial score (nSPS) is 10.8. The lowest BCUT2D eigenvalue weighted by molar-refractivity contribution is -0.122. The van der Waals surface area contributed by atoms with E-state index in [2.05, 4.69) is 16.2 Å². The highest BCUT2D eigenvalue weighted by Crippen LogP contribution is 2.20. The van der Waals surface area contributed by atoms with E-state index in [4.69, 9.17) is 23.2 Å². The molecule has 0 saturated heterocycles. The first kappa shape index (κ1) is 19.5. The largest absolute Gasteiger partial charge is 0.322 e. The smallest absolute Gasteiger partial charge is 0.286 e. The number of hydrazine groups is 1. The van der Waals surface area contributed by atoms with Gasteiger partial charge in [-0.05, 0) is 29.8 Å². The summed E-state index contributed by atoms with van der Waals surface area (Å²) in [5.41, 5.74) is 5.24. The standard InChI is InChI=1S/C18H15Cl2N3O3/c1-11(24)21-16(9-12-5-3-2-4-6-12)18(26)23-22-17(25)14-10-13(19)7-8-15(14)20/h2-10H,1H3,(H,21,24)(H,22,25)(H,23,26)/b16-9+. The van der Waals surface area contributed by atoms with E-state index in [1.807, 2.05) is 6.07 Å². The van der Waals surface area contributed by atoms with Crippen molar-refractivity contribution in [2.45, 2.75) is 6.92 Å². The van der Waals surface area contributed by atoms with Crippen molar-refractivity contribution in [3.63, 3.8) is 0 Å². The van der Waals surface area contributed by atoms with Crippen molar-refractivity contribution >= 4 is 47.0 Å². The molecule has 0 aliphatic heterocycles. The van der Waals surface area contributed by atoms with Crippen molar-refractivity contribution in [2.75, 3.05) is 0 Å². The highest BCUT2D eigenvalue weighted by atomic mass is 35.5. The van der Waals surface area contributed by atoms with Crippen LogP contribution in [0, 0.1) is 0 Å². The number of hydrogen-bond acceptors (Lipinski definition) is 3. The minimum Gasteiger partial charge on any atom is -0.322 e. The molecule has 0 aliphatic rings. The van der Waals surface area contributed by atoms with Gasteiger partial charge in [0.2, 0.25) is 5.91 Å². The molecule has 8 heteroatoms. The molecule has 3 amide bonds. The summed E-state index contributed by atoms with van der Waals surface area (Å²) >= 11 is 11.8. The van der Waals surface area contributed by atoms with E-state index >= 15 is 0 Å². The molecule has 2 rings (SSSR count). The fourth-order valence-corrected chi connectivity index (χ4v) is 2.36. The first-order valence-electron chi connectivity index (χ1n) is 7.47. The zero-order valence-corrected chi connectivity index (χ0v) is 15.2. The lowest BCUT2D eigenvalue weighted by Crippen LogP contribution is -2.45. The van der Waals surface area contributed by atoms with E-state index in [-0.39, 0.29) is 16.3 Å². The number of carbonyl (C=O) groups excluding carboxylic acids is 3. The molecule has 134 valence electrons.